The number of nitrogens with zero attached hydrogens (tertiary/aromatic N) is 2. The maximum atomic E-state index is 13.8. The number of halogens is 1. The normalized spacial score (nSPS) is 11.5. The molecule has 0 saturated heterocycles. The van der Waals surface area contributed by atoms with Crippen molar-refractivity contribution in [3.05, 3.63) is 118 Å². The predicted octanol–water partition coefficient (Wildman–Crippen LogP) is 5.15. The largest absolute Gasteiger partial charge is 0.386 e. The van der Waals surface area contributed by atoms with Gasteiger partial charge in [-0.3, -0.25) is 9.79 Å². The van der Waals surface area contributed by atoms with Gasteiger partial charge in [-0.1, -0.05) is 84.4 Å². The van der Waals surface area contributed by atoms with E-state index in [9.17, 15) is 4.79 Å². The van der Waals surface area contributed by atoms with Gasteiger partial charge in [0.05, 0.1) is 13.1 Å². The molecule has 4 aromatic carbocycles. The summed E-state index contributed by atoms with van der Waals surface area (Å²) in [6.07, 6.45) is 0. The van der Waals surface area contributed by atoms with Crippen LogP contribution in [0.3, 0.4) is 0 Å². The average molecular weight is 471 g/mol. The Kier molecular flexibility index (Phi) is 7.58. The third-order valence-corrected chi connectivity index (χ3v) is 5.92. The second-order valence-electron chi connectivity index (χ2n) is 8.14. The molecule has 0 saturated carbocycles. The summed E-state index contributed by atoms with van der Waals surface area (Å²) >= 11 is 6.07. The maximum Gasteiger partial charge on any atom is 0.255 e. The van der Waals surface area contributed by atoms with Crippen LogP contribution in [0.5, 0.6) is 0 Å². The van der Waals surface area contributed by atoms with E-state index < -0.39 is 0 Å². The van der Waals surface area contributed by atoms with Gasteiger partial charge in [0.25, 0.3) is 5.91 Å². The van der Waals surface area contributed by atoms with Crippen molar-refractivity contribution in [2.24, 2.45) is 16.5 Å². The standard InChI is InChI=1S/C28H27ClN4O/c29-24-14-12-22(13-15-24)19-33(18-21-10-8-20(9-11-21)17-32-27(31)16-30)28(34)26-7-3-5-23-4-1-2-6-25(23)26/h1-15H,16-19,30H2,(H2,31,32). The van der Waals surface area contributed by atoms with Gasteiger partial charge >= 0.3 is 0 Å². The zero-order valence-corrected chi connectivity index (χ0v) is 19.6. The molecule has 0 bridgehead atoms. The van der Waals surface area contributed by atoms with Crippen LogP contribution in [0.15, 0.2) is 96.0 Å². The SMILES string of the molecule is NCC(N)=NCc1ccc(CN(Cc2ccc(Cl)cc2)C(=O)c2cccc3ccccc23)cc1. The van der Waals surface area contributed by atoms with Gasteiger partial charge in [0.1, 0.15) is 5.84 Å². The minimum atomic E-state index is -0.0175. The molecule has 0 fully saturated rings. The summed E-state index contributed by atoms with van der Waals surface area (Å²) in [7, 11) is 0. The van der Waals surface area contributed by atoms with Crippen LogP contribution in [-0.4, -0.2) is 23.2 Å². The molecule has 6 heteroatoms. The Morgan fingerprint density at radius 3 is 2.06 bits per heavy atom. The van der Waals surface area contributed by atoms with Crippen LogP contribution in [0, 0.1) is 0 Å². The Hall–Kier alpha value is -3.67. The van der Waals surface area contributed by atoms with E-state index in [4.69, 9.17) is 23.1 Å². The summed E-state index contributed by atoms with van der Waals surface area (Å²) in [6, 6.07) is 29.5. The summed E-state index contributed by atoms with van der Waals surface area (Å²) in [5.41, 5.74) is 15.0. The van der Waals surface area contributed by atoms with E-state index in [0.29, 0.717) is 36.1 Å². The summed E-state index contributed by atoms with van der Waals surface area (Å²) in [4.78, 5) is 19.9. The fraction of sp³-hybridized carbons (Fsp3) is 0.143. The van der Waals surface area contributed by atoms with Gasteiger partial charge in [-0.15, -0.1) is 0 Å². The molecule has 172 valence electrons. The van der Waals surface area contributed by atoms with Gasteiger partial charge in [0.2, 0.25) is 0 Å². The first-order valence-corrected chi connectivity index (χ1v) is 11.5. The van der Waals surface area contributed by atoms with Crippen molar-refractivity contribution >= 4 is 34.1 Å². The molecular weight excluding hydrogens is 444 g/mol. The second kappa shape index (κ2) is 11.0. The first kappa shape index (κ1) is 23.5. The Bertz CT molecular complexity index is 1300. The molecule has 0 unspecified atom stereocenters. The topological polar surface area (TPSA) is 84.7 Å². The first-order valence-electron chi connectivity index (χ1n) is 11.1. The van der Waals surface area contributed by atoms with Crippen molar-refractivity contribution in [2.75, 3.05) is 6.54 Å². The molecular formula is C28H27ClN4O. The second-order valence-corrected chi connectivity index (χ2v) is 8.58. The van der Waals surface area contributed by atoms with Gasteiger partial charge in [-0.25, -0.2) is 0 Å². The lowest BCUT2D eigenvalue weighted by atomic mass is 10.0. The smallest absolute Gasteiger partial charge is 0.255 e. The molecule has 4 rings (SSSR count). The summed E-state index contributed by atoms with van der Waals surface area (Å²) in [5.74, 6) is 0.412. The number of carbonyl (C=O) groups is 1. The number of amides is 1. The fourth-order valence-corrected chi connectivity index (χ4v) is 3.95. The van der Waals surface area contributed by atoms with Gasteiger partial charge in [-0.05, 0) is 45.7 Å². The summed E-state index contributed by atoms with van der Waals surface area (Å²) in [6.45, 7) is 1.66. The molecule has 0 radical (unpaired) electrons. The van der Waals surface area contributed by atoms with Crippen molar-refractivity contribution in [1.82, 2.24) is 4.90 Å². The number of amidine groups is 1. The zero-order valence-electron chi connectivity index (χ0n) is 18.8. The molecule has 0 aliphatic rings. The number of benzene rings is 4. The van der Waals surface area contributed by atoms with E-state index >= 15 is 0 Å². The number of aliphatic imine (C=N–C) groups is 1. The van der Waals surface area contributed by atoms with Crippen molar-refractivity contribution in [1.29, 1.82) is 0 Å². The molecule has 0 aliphatic heterocycles. The van der Waals surface area contributed by atoms with Crippen LogP contribution >= 0.6 is 11.6 Å². The van der Waals surface area contributed by atoms with E-state index in [0.717, 1.165) is 27.5 Å². The molecule has 4 aromatic rings. The molecule has 5 nitrogen and oxygen atoms in total. The lowest BCUT2D eigenvalue weighted by Crippen LogP contribution is -2.30. The molecule has 0 spiro atoms. The fourth-order valence-electron chi connectivity index (χ4n) is 3.82. The van der Waals surface area contributed by atoms with Crippen molar-refractivity contribution < 1.29 is 4.79 Å². The minimum Gasteiger partial charge on any atom is -0.386 e. The Morgan fingerprint density at radius 2 is 1.38 bits per heavy atom. The van der Waals surface area contributed by atoms with Gasteiger partial charge < -0.3 is 16.4 Å². The summed E-state index contributed by atoms with van der Waals surface area (Å²) < 4.78 is 0. The average Bonchev–Trinajstić information content (AvgIpc) is 2.88. The number of carbonyl (C=O) groups excluding carboxylic acids is 1. The van der Waals surface area contributed by atoms with Crippen LogP contribution < -0.4 is 11.5 Å². The van der Waals surface area contributed by atoms with Crippen LogP contribution in [0.1, 0.15) is 27.0 Å². The van der Waals surface area contributed by atoms with E-state index in [2.05, 4.69) is 4.99 Å². The van der Waals surface area contributed by atoms with Gasteiger partial charge in [-0.2, -0.15) is 0 Å². The highest BCUT2D eigenvalue weighted by molar-refractivity contribution is 6.30. The van der Waals surface area contributed by atoms with Crippen LogP contribution in [0.4, 0.5) is 0 Å². The van der Waals surface area contributed by atoms with Crippen LogP contribution in [-0.2, 0) is 19.6 Å². The monoisotopic (exact) mass is 470 g/mol. The number of nitrogens with two attached hydrogens (primary N) is 2. The maximum absolute atomic E-state index is 13.8. The predicted molar refractivity (Wildman–Crippen MR) is 140 cm³/mol. The number of hydrogen-bond acceptors (Lipinski definition) is 3. The van der Waals surface area contributed by atoms with E-state index in [-0.39, 0.29) is 12.5 Å². The molecule has 0 aliphatic carbocycles. The van der Waals surface area contributed by atoms with Gasteiger partial charge in [0.15, 0.2) is 0 Å². The van der Waals surface area contributed by atoms with Crippen molar-refractivity contribution in [3.8, 4) is 0 Å². The summed E-state index contributed by atoms with van der Waals surface area (Å²) in [5, 5.41) is 2.66. The Balaban J connectivity index is 1.61. The molecule has 4 N–H and O–H groups in total. The highest BCUT2D eigenvalue weighted by Gasteiger charge is 2.19. The van der Waals surface area contributed by atoms with E-state index in [1.54, 1.807) is 0 Å². The highest BCUT2D eigenvalue weighted by Crippen LogP contribution is 2.23. The van der Waals surface area contributed by atoms with Crippen LogP contribution in [0.25, 0.3) is 10.8 Å². The lowest BCUT2D eigenvalue weighted by Gasteiger charge is -2.24. The number of fused-ring (bicyclic) bond motifs is 1. The van der Waals surface area contributed by atoms with E-state index in [1.807, 2.05) is 95.9 Å². The third-order valence-electron chi connectivity index (χ3n) is 5.66. The molecule has 1 amide bonds. The molecule has 0 atom stereocenters. The van der Waals surface area contributed by atoms with Crippen molar-refractivity contribution in [2.45, 2.75) is 19.6 Å². The minimum absolute atomic E-state index is 0.0175. The quantitative estimate of drug-likeness (QED) is 0.276. The Morgan fingerprint density at radius 1 is 0.794 bits per heavy atom. The van der Waals surface area contributed by atoms with Crippen molar-refractivity contribution in [3.63, 3.8) is 0 Å². The molecule has 34 heavy (non-hydrogen) atoms. The lowest BCUT2D eigenvalue weighted by molar-refractivity contribution is 0.0732. The van der Waals surface area contributed by atoms with Gasteiger partial charge in [0, 0.05) is 23.7 Å². The first-order chi connectivity index (χ1) is 16.5. The van der Waals surface area contributed by atoms with Crippen LogP contribution in [0.2, 0.25) is 5.02 Å². The molecule has 0 heterocycles. The zero-order chi connectivity index (χ0) is 23.9. The highest BCUT2D eigenvalue weighted by atomic mass is 35.5. The Labute approximate surface area is 204 Å². The third kappa shape index (κ3) is 5.81. The number of hydrogen-bond donors (Lipinski definition) is 2. The van der Waals surface area contributed by atoms with E-state index in [1.165, 1.54) is 0 Å². The molecule has 0 aromatic heterocycles. The number of rotatable bonds is 8.